The predicted molar refractivity (Wildman–Crippen MR) is 103 cm³/mol. The molecule has 0 radical (unpaired) electrons. The molecule has 8 heteroatoms. The number of tetrazole rings is 1. The van der Waals surface area contributed by atoms with E-state index in [4.69, 9.17) is 0 Å². The van der Waals surface area contributed by atoms with Crippen molar-refractivity contribution in [2.24, 2.45) is 11.8 Å². The van der Waals surface area contributed by atoms with E-state index < -0.39 is 6.04 Å². The maximum atomic E-state index is 13.1. The van der Waals surface area contributed by atoms with Gasteiger partial charge in [0.15, 0.2) is 6.04 Å². The van der Waals surface area contributed by atoms with Crippen molar-refractivity contribution in [3.8, 4) is 11.4 Å². The quantitative estimate of drug-likeness (QED) is 0.832. The summed E-state index contributed by atoms with van der Waals surface area (Å²) in [6.45, 7) is 6.58. The van der Waals surface area contributed by atoms with Crippen LogP contribution in [0.25, 0.3) is 11.4 Å². The molecule has 1 N–H and O–H groups in total. The number of carbonyl (C=O) groups is 1. The first-order valence-corrected chi connectivity index (χ1v) is 8.88. The smallest absolute Gasteiger partial charge is 0.249 e. The second-order valence-corrected chi connectivity index (χ2v) is 6.98. The standard InChI is InChI=1S/C18H26N6O.ClH/c1-13(2)16(18(25)23-10-9-14(12-23)11-19-3)24-21-17(20-22-24)15-7-5-4-6-8-15;/h4-8,13-14,16,19H,9-12H2,1-3H3;1H. The van der Waals surface area contributed by atoms with Crippen LogP contribution < -0.4 is 5.32 Å². The number of rotatable bonds is 6. The lowest BCUT2D eigenvalue weighted by molar-refractivity contribution is -0.136. The topological polar surface area (TPSA) is 75.9 Å². The lowest BCUT2D eigenvalue weighted by Gasteiger charge is -2.25. The van der Waals surface area contributed by atoms with Crippen molar-refractivity contribution >= 4 is 18.3 Å². The van der Waals surface area contributed by atoms with E-state index in [1.165, 1.54) is 4.80 Å². The molecule has 2 unspecified atom stereocenters. The van der Waals surface area contributed by atoms with Crippen LogP contribution in [0.5, 0.6) is 0 Å². The van der Waals surface area contributed by atoms with Crippen LogP contribution in [0.4, 0.5) is 0 Å². The summed E-state index contributed by atoms with van der Waals surface area (Å²) in [6.07, 6.45) is 1.04. The number of halogens is 1. The molecule has 0 spiro atoms. The molecule has 2 aromatic rings. The van der Waals surface area contributed by atoms with Crippen molar-refractivity contribution in [2.75, 3.05) is 26.7 Å². The average molecular weight is 379 g/mol. The minimum atomic E-state index is -0.418. The SMILES string of the molecule is CNCC1CCN(C(=O)C(C(C)C)n2nnc(-c3ccccc3)n2)C1.Cl. The zero-order valence-corrected chi connectivity index (χ0v) is 16.3. The molecule has 142 valence electrons. The van der Waals surface area contributed by atoms with Crippen LogP contribution in [0.15, 0.2) is 30.3 Å². The van der Waals surface area contributed by atoms with Gasteiger partial charge in [0, 0.05) is 18.7 Å². The average Bonchev–Trinajstić information content (AvgIpc) is 3.26. The van der Waals surface area contributed by atoms with Crippen molar-refractivity contribution in [3.63, 3.8) is 0 Å². The largest absolute Gasteiger partial charge is 0.340 e. The fourth-order valence-electron chi connectivity index (χ4n) is 3.37. The molecule has 1 aliphatic heterocycles. The van der Waals surface area contributed by atoms with Crippen LogP contribution in [0.2, 0.25) is 0 Å². The highest BCUT2D eigenvalue weighted by Gasteiger charge is 2.34. The lowest BCUT2D eigenvalue weighted by atomic mass is 10.0. The zero-order chi connectivity index (χ0) is 17.8. The van der Waals surface area contributed by atoms with Crippen LogP contribution >= 0.6 is 12.4 Å². The van der Waals surface area contributed by atoms with Crippen LogP contribution in [-0.2, 0) is 4.79 Å². The number of carbonyl (C=O) groups excluding carboxylic acids is 1. The van der Waals surface area contributed by atoms with E-state index in [0.717, 1.165) is 31.6 Å². The van der Waals surface area contributed by atoms with Crippen LogP contribution in [0, 0.1) is 11.8 Å². The Morgan fingerprint density at radius 1 is 1.31 bits per heavy atom. The molecule has 3 rings (SSSR count). The second kappa shape index (κ2) is 9.09. The number of amides is 1. The Hall–Kier alpha value is -1.99. The number of aromatic nitrogens is 4. The van der Waals surface area contributed by atoms with Gasteiger partial charge in [-0.2, -0.15) is 4.80 Å². The third kappa shape index (κ3) is 4.40. The first-order chi connectivity index (χ1) is 12.1. The van der Waals surface area contributed by atoms with Gasteiger partial charge in [0.2, 0.25) is 11.7 Å². The van der Waals surface area contributed by atoms with E-state index in [1.54, 1.807) is 0 Å². The van der Waals surface area contributed by atoms with Crippen molar-refractivity contribution in [1.29, 1.82) is 0 Å². The number of nitrogens with one attached hydrogen (secondary N) is 1. The monoisotopic (exact) mass is 378 g/mol. The molecule has 0 bridgehead atoms. The summed E-state index contributed by atoms with van der Waals surface area (Å²) in [4.78, 5) is 16.5. The van der Waals surface area contributed by atoms with Crippen LogP contribution in [0.3, 0.4) is 0 Å². The molecule has 2 heterocycles. The molecule has 0 aliphatic carbocycles. The Balaban J connectivity index is 0.00000243. The molecule has 1 aromatic carbocycles. The van der Waals surface area contributed by atoms with Gasteiger partial charge in [-0.25, -0.2) is 0 Å². The van der Waals surface area contributed by atoms with E-state index in [9.17, 15) is 4.79 Å². The molecule has 2 atom stereocenters. The molecule has 7 nitrogen and oxygen atoms in total. The highest BCUT2D eigenvalue weighted by atomic mass is 35.5. The first kappa shape index (κ1) is 20.3. The molecule has 26 heavy (non-hydrogen) atoms. The van der Waals surface area contributed by atoms with Crippen molar-refractivity contribution in [2.45, 2.75) is 26.3 Å². The minimum Gasteiger partial charge on any atom is -0.340 e. The minimum absolute atomic E-state index is 0. The van der Waals surface area contributed by atoms with Crippen molar-refractivity contribution in [1.82, 2.24) is 30.4 Å². The Morgan fingerprint density at radius 3 is 2.69 bits per heavy atom. The molecule has 1 aliphatic rings. The summed E-state index contributed by atoms with van der Waals surface area (Å²) in [5.41, 5.74) is 0.902. The van der Waals surface area contributed by atoms with E-state index in [1.807, 2.05) is 56.1 Å². The van der Waals surface area contributed by atoms with Crippen molar-refractivity contribution in [3.05, 3.63) is 30.3 Å². The third-order valence-corrected chi connectivity index (χ3v) is 4.68. The van der Waals surface area contributed by atoms with Gasteiger partial charge >= 0.3 is 0 Å². The summed E-state index contributed by atoms with van der Waals surface area (Å²) in [5, 5.41) is 16.0. The highest BCUT2D eigenvalue weighted by molar-refractivity contribution is 5.85. The van der Waals surface area contributed by atoms with Gasteiger partial charge < -0.3 is 10.2 Å². The Bertz CT molecular complexity index is 705. The normalized spacial score (nSPS) is 18.0. The molecule has 1 fully saturated rings. The van der Waals surface area contributed by atoms with Gasteiger partial charge in [-0.3, -0.25) is 4.79 Å². The molecular weight excluding hydrogens is 352 g/mol. The summed E-state index contributed by atoms with van der Waals surface area (Å²) in [7, 11) is 1.95. The van der Waals surface area contributed by atoms with Gasteiger partial charge in [0.05, 0.1) is 0 Å². The van der Waals surface area contributed by atoms with E-state index in [2.05, 4.69) is 20.7 Å². The van der Waals surface area contributed by atoms with Crippen LogP contribution in [0.1, 0.15) is 26.3 Å². The second-order valence-electron chi connectivity index (χ2n) is 6.98. The van der Waals surface area contributed by atoms with Gasteiger partial charge in [-0.1, -0.05) is 44.2 Å². The van der Waals surface area contributed by atoms with E-state index in [-0.39, 0.29) is 24.2 Å². The molecular formula is C18H27ClN6O. The first-order valence-electron chi connectivity index (χ1n) is 8.88. The van der Waals surface area contributed by atoms with E-state index in [0.29, 0.717) is 11.7 Å². The highest BCUT2D eigenvalue weighted by Crippen LogP contribution is 2.24. The molecule has 0 saturated carbocycles. The maximum absolute atomic E-state index is 13.1. The third-order valence-electron chi connectivity index (χ3n) is 4.68. The van der Waals surface area contributed by atoms with Gasteiger partial charge in [0.1, 0.15) is 0 Å². The number of hydrogen-bond acceptors (Lipinski definition) is 5. The van der Waals surface area contributed by atoms with Gasteiger partial charge in [-0.15, -0.1) is 22.6 Å². The number of benzene rings is 1. The Kier molecular flexibility index (Phi) is 7.11. The number of hydrogen-bond donors (Lipinski definition) is 1. The Labute approximate surface area is 160 Å². The van der Waals surface area contributed by atoms with Crippen molar-refractivity contribution < 1.29 is 4.79 Å². The molecule has 1 amide bonds. The van der Waals surface area contributed by atoms with E-state index >= 15 is 0 Å². The molecule has 1 aromatic heterocycles. The predicted octanol–water partition coefficient (Wildman–Crippen LogP) is 2.03. The summed E-state index contributed by atoms with van der Waals surface area (Å²) in [6, 6.07) is 9.29. The summed E-state index contributed by atoms with van der Waals surface area (Å²) < 4.78 is 0. The summed E-state index contributed by atoms with van der Waals surface area (Å²) in [5.74, 6) is 1.25. The number of likely N-dealkylation sites (tertiary alicyclic amines) is 1. The Morgan fingerprint density at radius 2 is 2.04 bits per heavy atom. The fourth-order valence-corrected chi connectivity index (χ4v) is 3.37. The zero-order valence-electron chi connectivity index (χ0n) is 15.5. The van der Waals surface area contributed by atoms with Gasteiger partial charge in [-0.05, 0) is 37.1 Å². The van der Waals surface area contributed by atoms with Gasteiger partial charge in [0.25, 0.3) is 0 Å². The number of nitrogens with zero attached hydrogens (tertiary/aromatic N) is 5. The maximum Gasteiger partial charge on any atom is 0.249 e. The summed E-state index contributed by atoms with van der Waals surface area (Å²) >= 11 is 0. The lowest BCUT2D eigenvalue weighted by Crippen LogP contribution is -2.39. The molecule has 1 saturated heterocycles. The van der Waals surface area contributed by atoms with Crippen LogP contribution in [-0.4, -0.2) is 57.7 Å². The fraction of sp³-hybridized carbons (Fsp3) is 0.556.